The third kappa shape index (κ3) is 2.94. The Kier molecular flexibility index (Phi) is 4.85. The highest BCUT2D eigenvalue weighted by Gasteiger charge is 2.25. The molecule has 14 heavy (non-hydrogen) atoms. The van der Waals surface area contributed by atoms with Crippen molar-refractivity contribution >= 4 is 0 Å². The average molecular weight is 201 g/mol. The lowest BCUT2D eigenvalue weighted by atomic mass is 9.86. The summed E-state index contributed by atoms with van der Waals surface area (Å²) in [6.45, 7) is 2.41. The lowest BCUT2D eigenvalue weighted by Gasteiger charge is -2.37. The van der Waals surface area contributed by atoms with Crippen molar-refractivity contribution in [2.75, 3.05) is 20.3 Å². The molecule has 0 amide bonds. The summed E-state index contributed by atoms with van der Waals surface area (Å²) in [5.41, 5.74) is 0. The zero-order chi connectivity index (χ0) is 10.6. The van der Waals surface area contributed by atoms with Gasteiger partial charge in [0.2, 0.25) is 0 Å². The van der Waals surface area contributed by atoms with Crippen LogP contribution in [-0.4, -0.2) is 47.5 Å². The standard InChI is InChI=1S/C11H23NO2/c1-9-3-5-10(6-4-9)12(2)11(7-13)8-14/h9-11,13-14H,3-8H2,1-2H3/t9-,10-. The first-order chi connectivity index (χ1) is 6.69. The van der Waals surface area contributed by atoms with Crippen molar-refractivity contribution in [3.05, 3.63) is 0 Å². The van der Waals surface area contributed by atoms with Crippen LogP contribution in [0.1, 0.15) is 32.6 Å². The Morgan fingerprint density at radius 1 is 1.14 bits per heavy atom. The van der Waals surface area contributed by atoms with Crippen LogP contribution >= 0.6 is 0 Å². The summed E-state index contributed by atoms with van der Waals surface area (Å²) in [5, 5.41) is 18.2. The van der Waals surface area contributed by atoms with Crippen LogP contribution in [0.3, 0.4) is 0 Å². The minimum atomic E-state index is -0.0755. The van der Waals surface area contributed by atoms with Crippen molar-refractivity contribution in [2.24, 2.45) is 5.92 Å². The average Bonchev–Trinajstić information content (AvgIpc) is 2.20. The van der Waals surface area contributed by atoms with Gasteiger partial charge in [0, 0.05) is 6.04 Å². The van der Waals surface area contributed by atoms with E-state index in [1.165, 1.54) is 25.7 Å². The lowest BCUT2D eigenvalue weighted by Crippen LogP contribution is -2.45. The molecule has 0 aromatic rings. The topological polar surface area (TPSA) is 43.7 Å². The van der Waals surface area contributed by atoms with E-state index >= 15 is 0 Å². The quantitative estimate of drug-likeness (QED) is 0.708. The van der Waals surface area contributed by atoms with Crippen LogP contribution in [0, 0.1) is 5.92 Å². The molecule has 2 N–H and O–H groups in total. The molecular formula is C11H23NO2. The van der Waals surface area contributed by atoms with E-state index in [2.05, 4.69) is 11.8 Å². The van der Waals surface area contributed by atoms with Gasteiger partial charge in [-0.05, 0) is 38.6 Å². The molecule has 84 valence electrons. The van der Waals surface area contributed by atoms with Crippen molar-refractivity contribution in [3.63, 3.8) is 0 Å². The first-order valence-corrected chi connectivity index (χ1v) is 5.62. The van der Waals surface area contributed by atoms with Gasteiger partial charge >= 0.3 is 0 Å². The Balaban J connectivity index is 2.39. The van der Waals surface area contributed by atoms with E-state index < -0.39 is 0 Å². The van der Waals surface area contributed by atoms with E-state index in [0.29, 0.717) is 6.04 Å². The van der Waals surface area contributed by atoms with Crippen molar-refractivity contribution in [1.29, 1.82) is 0 Å². The molecule has 3 nitrogen and oxygen atoms in total. The van der Waals surface area contributed by atoms with Crippen LogP contribution in [0.15, 0.2) is 0 Å². The molecule has 0 spiro atoms. The van der Waals surface area contributed by atoms with Crippen LogP contribution in [0.2, 0.25) is 0 Å². The summed E-state index contributed by atoms with van der Waals surface area (Å²) in [6, 6.07) is 0.476. The van der Waals surface area contributed by atoms with Gasteiger partial charge in [0.15, 0.2) is 0 Å². The van der Waals surface area contributed by atoms with E-state index in [1.54, 1.807) is 0 Å². The number of nitrogens with zero attached hydrogens (tertiary/aromatic N) is 1. The molecule has 1 rings (SSSR count). The van der Waals surface area contributed by atoms with Crippen LogP contribution in [0.4, 0.5) is 0 Å². The number of likely N-dealkylation sites (N-methyl/N-ethyl adjacent to an activating group) is 1. The molecule has 3 heteroatoms. The van der Waals surface area contributed by atoms with Crippen molar-refractivity contribution in [1.82, 2.24) is 4.90 Å². The van der Waals surface area contributed by atoms with Gasteiger partial charge in [0.25, 0.3) is 0 Å². The Hall–Kier alpha value is -0.120. The Morgan fingerprint density at radius 2 is 1.64 bits per heavy atom. The van der Waals surface area contributed by atoms with E-state index in [0.717, 1.165) is 5.92 Å². The smallest absolute Gasteiger partial charge is 0.0609 e. The zero-order valence-corrected chi connectivity index (χ0v) is 9.32. The van der Waals surface area contributed by atoms with Crippen LogP contribution in [0.25, 0.3) is 0 Å². The molecule has 0 aromatic carbocycles. The fourth-order valence-electron chi connectivity index (χ4n) is 2.26. The third-order valence-corrected chi connectivity index (χ3v) is 3.56. The fraction of sp³-hybridized carbons (Fsp3) is 1.00. The van der Waals surface area contributed by atoms with Crippen molar-refractivity contribution < 1.29 is 10.2 Å². The summed E-state index contributed by atoms with van der Waals surface area (Å²) in [5.74, 6) is 0.848. The third-order valence-electron chi connectivity index (χ3n) is 3.56. The summed E-state index contributed by atoms with van der Waals surface area (Å²) < 4.78 is 0. The molecule has 1 saturated carbocycles. The highest BCUT2D eigenvalue weighted by molar-refractivity contribution is 4.80. The molecule has 0 aliphatic heterocycles. The SMILES string of the molecule is CN(C(CO)CO)[C@H]1CC[C@H](C)CC1. The fourth-order valence-corrected chi connectivity index (χ4v) is 2.26. The molecule has 0 unspecified atom stereocenters. The summed E-state index contributed by atoms with van der Waals surface area (Å²) in [7, 11) is 2.01. The molecule has 0 heterocycles. The van der Waals surface area contributed by atoms with Crippen LogP contribution in [-0.2, 0) is 0 Å². The monoisotopic (exact) mass is 201 g/mol. The Morgan fingerprint density at radius 3 is 2.07 bits per heavy atom. The molecular weight excluding hydrogens is 178 g/mol. The van der Waals surface area contributed by atoms with Gasteiger partial charge < -0.3 is 10.2 Å². The minimum absolute atomic E-state index is 0.0546. The maximum Gasteiger partial charge on any atom is 0.0609 e. The Labute approximate surface area is 86.7 Å². The molecule has 0 radical (unpaired) electrons. The van der Waals surface area contributed by atoms with Crippen molar-refractivity contribution in [2.45, 2.75) is 44.7 Å². The number of aliphatic hydroxyl groups is 2. The minimum Gasteiger partial charge on any atom is -0.395 e. The second-order valence-corrected chi connectivity index (χ2v) is 4.60. The van der Waals surface area contributed by atoms with E-state index in [1.807, 2.05) is 7.05 Å². The van der Waals surface area contributed by atoms with Gasteiger partial charge in [-0.1, -0.05) is 6.92 Å². The zero-order valence-electron chi connectivity index (χ0n) is 9.32. The van der Waals surface area contributed by atoms with Crippen LogP contribution < -0.4 is 0 Å². The van der Waals surface area contributed by atoms with Gasteiger partial charge in [0.05, 0.1) is 19.3 Å². The van der Waals surface area contributed by atoms with Crippen LogP contribution in [0.5, 0.6) is 0 Å². The first kappa shape index (κ1) is 12.0. The number of hydrogen-bond donors (Lipinski definition) is 2. The number of rotatable bonds is 4. The summed E-state index contributed by atoms with van der Waals surface area (Å²) >= 11 is 0. The molecule has 1 aliphatic rings. The largest absolute Gasteiger partial charge is 0.395 e. The van der Waals surface area contributed by atoms with Gasteiger partial charge in [0.1, 0.15) is 0 Å². The highest BCUT2D eigenvalue weighted by atomic mass is 16.3. The van der Waals surface area contributed by atoms with Crippen molar-refractivity contribution in [3.8, 4) is 0 Å². The summed E-state index contributed by atoms with van der Waals surface area (Å²) in [4.78, 5) is 2.14. The first-order valence-electron chi connectivity index (χ1n) is 5.62. The highest BCUT2D eigenvalue weighted by Crippen LogP contribution is 2.27. The molecule has 0 aromatic heterocycles. The second kappa shape index (κ2) is 5.69. The predicted molar refractivity (Wildman–Crippen MR) is 57.1 cm³/mol. The molecule has 0 bridgehead atoms. The maximum absolute atomic E-state index is 9.08. The van der Waals surface area contributed by atoms with Gasteiger partial charge in [-0.2, -0.15) is 0 Å². The molecule has 0 saturated heterocycles. The number of hydrogen-bond acceptors (Lipinski definition) is 3. The van der Waals surface area contributed by atoms with Gasteiger partial charge in [-0.15, -0.1) is 0 Å². The van der Waals surface area contributed by atoms with Gasteiger partial charge in [-0.25, -0.2) is 0 Å². The Bertz CT molecular complexity index is 151. The predicted octanol–water partition coefficient (Wildman–Crippen LogP) is 0.850. The van der Waals surface area contributed by atoms with E-state index in [9.17, 15) is 0 Å². The maximum atomic E-state index is 9.08. The molecule has 0 atom stereocenters. The molecule has 1 fully saturated rings. The summed E-state index contributed by atoms with van der Waals surface area (Å²) in [6.07, 6.45) is 4.96. The molecule has 1 aliphatic carbocycles. The lowest BCUT2D eigenvalue weighted by molar-refractivity contribution is 0.0464. The van der Waals surface area contributed by atoms with E-state index in [-0.39, 0.29) is 19.3 Å². The van der Waals surface area contributed by atoms with E-state index in [4.69, 9.17) is 10.2 Å². The number of aliphatic hydroxyl groups excluding tert-OH is 2. The van der Waals surface area contributed by atoms with Gasteiger partial charge in [-0.3, -0.25) is 4.90 Å². The second-order valence-electron chi connectivity index (χ2n) is 4.60. The normalized spacial score (nSPS) is 28.7.